The third kappa shape index (κ3) is 3.96. The summed E-state index contributed by atoms with van der Waals surface area (Å²) in [4.78, 5) is 11.5. The smallest absolute Gasteiger partial charge is 0.261 e. The van der Waals surface area contributed by atoms with E-state index in [9.17, 15) is 13.2 Å². The second kappa shape index (κ2) is 6.04. The monoisotopic (exact) mass is 353 g/mol. The number of anilines is 1. The Morgan fingerprint density at radius 2 is 2.06 bits per heavy atom. The molecule has 0 aliphatic heterocycles. The third-order valence-electron chi connectivity index (χ3n) is 2.28. The van der Waals surface area contributed by atoms with Crippen LogP contribution in [-0.4, -0.2) is 14.3 Å². The molecule has 1 rings (SSSR count). The fraction of sp³-hybridized carbons (Fsp3) is 0.364. The van der Waals surface area contributed by atoms with Gasteiger partial charge in [-0.05, 0) is 47.0 Å². The van der Waals surface area contributed by atoms with Gasteiger partial charge in [0.25, 0.3) is 9.05 Å². The standard InChI is InChI=1S/C11H13BrClNO3S/c1-3-4-11(15)14-9-5-7(2)10(6-8(9)12)18(13,16)17/h5-6H,3-4H2,1-2H3,(H,14,15). The van der Waals surface area contributed by atoms with Gasteiger partial charge in [0.2, 0.25) is 5.91 Å². The average molecular weight is 355 g/mol. The quantitative estimate of drug-likeness (QED) is 0.843. The minimum absolute atomic E-state index is 0.0320. The summed E-state index contributed by atoms with van der Waals surface area (Å²) in [5.74, 6) is -0.112. The lowest BCUT2D eigenvalue weighted by atomic mass is 10.2. The molecule has 0 fully saturated rings. The van der Waals surface area contributed by atoms with Gasteiger partial charge >= 0.3 is 0 Å². The summed E-state index contributed by atoms with van der Waals surface area (Å²) < 4.78 is 23.1. The van der Waals surface area contributed by atoms with Crippen LogP contribution in [0.3, 0.4) is 0 Å². The van der Waals surface area contributed by atoms with Gasteiger partial charge in [0.15, 0.2) is 0 Å². The lowest BCUT2D eigenvalue weighted by Gasteiger charge is -2.10. The first kappa shape index (κ1) is 15.5. The maximum Gasteiger partial charge on any atom is 0.261 e. The maximum atomic E-state index is 11.5. The molecule has 0 aromatic heterocycles. The van der Waals surface area contributed by atoms with Gasteiger partial charge in [0.1, 0.15) is 0 Å². The van der Waals surface area contributed by atoms with Gasteiger partial charge in [0, 0.05) is 21.6 Å². The Morgan fingerprint density at radius 3 is 2.56 bits per heavy atom. The van der Waals surface area contributed by atoms with Crippen molar-refractivity contribution in [3.8, 4) is 0 Å². The van der Waals surface area contributed by atoms with Gasteiger partial charge in [-0.1, -0.05) is 6.92 Å². The molecule has 0 radical (unpaired) electrons. The van der Waals surface area contributed by atoms with E-state index in [0.717, 1.165) is 6.42 Å². The fourth-order valence-electron chi connectivity index (χ4n) is 1.46. The highest BCUT2D eigenvalue weighted by Gasteiger charge is 2.16. The lowest BCUT2D eigenvalue weighted by molar-refractivity contribution is -0.116. The highest BCUT2D eigenvalue weighted by molar-refractivity contribution is 9.10. The molecule has 0 saturated heterocycles. The number of carbonyl (C=O) groups excluding carboxylic acids is 1. The van der Waals surface area contributed by atoms with Crippen molar-refractivity contribution in [1.82, 2.24) is 0 Å². The predicted molar refractivity (Wildman–Crippen MR) is 75.5 cm³/mol. The maximum absolute atomic E-state index is 11.5. The topological polar surface area (TPSA) is 63.2 Å². The molecular formula is C11H13BrClNO3S. The van der Waals surface area contributed by atoms with Crippen LogP contribution in [0, 0.1) is 6.92 Å². The van der Waals surface area contributed by atoms with E-state index in [4.69, 9.17) is 10.7 Å². The van der Waals surface area contributed by atoms with Gasteiger partial charge in [0.05, 0.1) is 10.6 Å². The molecule has 0 bridgehead atoms. The molecule has 0 spiro atoms. The van der Waals surface area contributed by atoms with E-state index >= 15 is 0 Å². The SMILES string of the molecule is CCCC(=O)Nc1cc(C)c(S(=O)(=O)Cl)cc1Br. The van der Waals surface area contributed by atoms with Crippen molar-refractivity contribution in [3.05, 3.63) is 22.2 Å². The third-order valence-corrected chi connectivity index (χ3v) is 4.40. The van der Waals surface area contributed by atoms with Crippen LogP contribution in [0.1, 0.15) is 25.3 Å². The molecule has 0 unspecified atom stereocenters. The summed E-state index contributed by atoms with van der Waals surface area (Å²) in [5, 5.41) is 2.71. The zero-order chi connectivity index (χ0) is 13.9. The second-order valence-corrected chi connectivity index (χ2v) is 7.22. The summed E-state index contributed by atoms with van der Waals surface area (Å²) in [5.41, 5.74) is 1.02. The molecule has 0 aliphatic carbocycles. The number of rotatable bonds is 4. The van der Waals surface area contributed by atoms with Crippen molar-refractivity contribution >= 4 is 47.3 Å². The summed E-state index contributed by atoms with van der Waals surface area (Å²) >= 11 is 3.22. The van der Waals surface area contributed by atoms with E-state index in [0.29, 0.717) is 22.1 Å². The van der Waals surface area contributed by atoms with Crippen LogP contribution in [0.2, 0.25) is 0 Å². The van der Waals surface area contributed by atoms with Crippen molar-refractivity contribution in [2.45, 2.75) is 31.6 Å². The number of benzene rings is 1. The fourth-order valence-corrected chi connectivity index (χ4v) is 3.26. The first-order valence-electron chi connectivity index (χ1n) is 5.30. The van der Waals surface area contributed by atoms with Crippen LogP contribution < -0.4 is 5.32 Å². The second-order valence-electron chi connectivity index (χ2n) is 3.83. The molecule has 100 valence electrons. The van der Waals surface area contributed by atoms with E-state index in [-0.39, 0.29) is 10.8 Å². The molecule has 7 heteroatoms. The van der Waals surface area contributed by atoms with Gasteiger partial charge in [-0.25, -0.2) is 8.42 Å². The zero-order valence-corrected chi connectivity index (χ0v) is 13.1. The highest BCUT2D eigenvalue weighted by atomic mass is 79.9. The first-order chi connectivity index (χ1) is 8.25. The highest BCUT2D eigenvalue weighted by Crippen LogP contribution is 2.30. The molecule has 1 N–H and O–H groups in total. The zero-order valence-electron chi connectivity index (χ0n) is 9.96. The molecule has 1 amide bonds. The van der Waals surface area contributed by atoms with Crippen LogP contribution in [0.15, 0.2) is 21.5 Å². The Kier molecular flexibility index (Phi) is 5.19. The lowest BCUT2D eigenvalue weighted by Crippen LogP contribution is -2.11. The number of aryl methyl sites for hydroxylation is 1. The summed E-state index contributed by atoms with van der Waals surface area (Å²) in [6, 6.07) is 2.96. The average Bonchev–Trinajstić information content (AvgIpc) is 2.21. The van der Waals surface area contributed by atoms with E-state index in [2.05, 4.69) is 21.2 Å². The Hall–Kier alpha value is -0.590. The Balaban J connectivity index is 3.12. The predicted octanol–water partition coefficient (Wildman–Crippen LogP) is 3.42. The molecule has 1 aromatic rings. The van der Waals surface area contributed by atoms with Crippen LogP contribution >= 0.6 is 26.6 Å². The van der Waals surface area contributed by atoms with E-state index < -0.39 is 9.05 Å². The largest absolute Gasteiger partial charge is 0.325 e. The Bertz CT molecular complexity index is 572. The van der Waals surface area contributed by atoms with Crippen molar-refractivity contribution in [2.75, 3.05) is 5.32 Å². The first-order valence-corrected chi connectivity index (χ1v) is 8.40. The molecule has 1 aromatic carbocycles. The summed E-state index contributed by atoms with van der Waals surface area (Å²) in [6.07, 6.45) is 1.16. The van der Waals surface area contributed by atoms with Crippen molar-refractivity contribution < 1.29 is 13.2 Å². The van der Waals surface area contributed by atoms with Gasteiger partial charge in [-0.15, -0.1) is 0 Å². The van der Waals surface area contributed by atoms with Crippen LogP contribution in [-0.2, 0) is 13.8 Å². The van der Waals surface area contributed by atoms with Gasteiger partial charge in [-0.2, -0.15) is 0 Å². The number of hydrogen-bond donors (Lipinski definition) is 1. The molecule has 4 nitrogen and oxygen atoms in total. The van der Waals surface area contributed by atoms with Crippen LogP contribution in [0.4, 0.5) is 5.69 Å². The number of amides is 1. The Labute approximate surface area is 119 Å². The number of hydrogen-bond acceptors (Lipinski definition) is 3. The van der Waals surface area contributed by atoms with Gasteiger partial charge in [-0.3, -0.25) is 4.79 Å². The summed E-state index contributed by atoms with van der Waals surface area (Å²) in [6.45, 7) is 3.53. The van der Waals surface area contributed by atoms with E-state index in [1.54, 1.807) is 13.0 Å². The molecular weight excluding hydrogens is 342 g/mol. The number of nitrogens with one attached hydrogen (secondary N) is 1. The minimum atomic E-state index is -3.78. The molecule has 0 atom stereocenters. The van der Waals surface area contributed by atoms with Crippen molar-refractivity contribution in [2.24, 2.45) is 0 Å². The van der Waals surface area contributed by atoms with Crippen LogP contribution in [0.25, 0.3) is 0 Å². The number of halogens is 2. The van der Waals surface area contributed by atoms with Gasteiger partial charge < -0.3 is 5.32 Å². The minimum Gasteiger partial charge on any atom is -0.325 e. The normalized spacial score (nSPS) is 11.3. The van der Waals surface area contributed by atoms with Crippen LogP contribution in [0.5, 0.6) is 0 Å². The molecule has 0 heterocycles. The van der Waals surface area contributed by atoms with Crippen molar-refractivity contribution in [3.63, 3.8) is 0 Å². The molecule has 0 aliphatic rings. The van der Waals surface area contributed by atoms with E-state index in [1.807, 2.05) is 6.92 Å². The summed E-state index contributed by atoms with van der Waals surface area (Å²) in [7, 11) is 1.53. The molecule has 18 heavy (non-hydrogen) atoms. The van der Waals surface area contributed by atoms with Crippen molar-refractivity contribution in [1.29, 1.82) is 0 Å². The molecule has 0 saturated carbocycles. The number of carbonyl (C=O) groups is 1. The van der Waals surface area contributed by atoms with E-state index in [1.165, 1.54) is 6.07 Å². The Morgan fingerprint density at radius 1 is 1.44 bits per heavy atom.